The lowest BCUT2D eigenvalue weighted by Crippen LogP contribution is -2.38. The monoisotopic (exact) mass is 324 g/mol. The first-order chi connectivity index (χ1) is 10.6. The summed E-state index contributed by atoms with van der Waals surface area (Å²) in [5.74, 6) is 0.906. The number of benzene rings is 1. The molecule has 1 amide bonds. The van der Waals surface area contributed by atoms with Crippen LogP contribution in [0, 0.1) is 0 Å². The molecule has 0 aliphatic carbocycles. The lowest BCUT2D eigenvalue weighted by Gasteiger charge is -2.25. The first-order valence-electron chi connectivity index (χ1n) is 7.68. The van der Waals surface area contributed by atoms with Crippen LogP contribution in [0.1, 0.15) is 39.3 Å². The summed E-state index contributed by atoms with van der Waals surface area (Å²) in [5, 5.41) is 13.2. The minimum absolute atomic E-state index is 0.0721. The zero-order valence-corrected chi connectivity index (χ0v) is 14.8. The van der Waals surface area contributed by atoms with E-state index in [2.05, 4.69) is 5.32 Å². The fourth-order valence-electron chi connectivity index (χ4n) is 2.00. The van der Waals surface area contributed by atoms with Gasteiger partial charge in [0.05, 0.1) is 7.11 Å². The lowest BCUT2D eigenvalue weighted by molar-refractivity contribution is 0.0299. The SMILES string of the molecule is COc1ccc(O)c(C(C)NCCN(C)C(=O)OC(C)(C)C)c1. The molecule has 0 fully saturated rings. The topological polar surface area (TPSA) is 71.0 Å². The molecule has 0 saturated heterocycles. The zero-order valence-electron chi connectivity index (χ0n) is 14.8. The van der Waals surface area contributed by atoms with Crippen molar-refractivity contribution in [1.82, 2.24) is 10.2 Å². The predicted octanol–water partition coefficient (Wildman–Crippen LogP) is 2.92. The molecule has 0 spiro atoms. The Balaban J connectivity index is 2.51. The summed E-state index contributed by atoms with van der Waals surface area (Å²) in [6, 6.07) is 5.04. The maximum absolute atomic E-state index is 11.9. The van der Waals surface area contributed by atoms with Gasteiger partial charge in [-0.1, -0.05) is 0 Å². The molecule has 1 rings (SSSR count). The van der Waals surface area contributed by atoms with Crippen molar-refractivity contribution < 1.29 is 19.4 Å². The molecule has 0 radical (unpaired) electrons. The molecule has 6 nitrogen and oxygen atoms in total. The average molecular weight is 324 g/mol. The van der Waals surface area contributed by atoms with Crippen molar-refractivity contribution in [2.24, 2.45) is 0 Å². The third kappa shape index (κ3) is 6.36. The van der Waals surface area contributed by atoms with Crippen LogP contribution >= 0.6 is 0 Å². The maximum atomic E-state index is 11.9. The number of ether oxygens (including phenoxy) is 2. The second kappa shape index (κ2) is 8.06. The number of methoxy groups -OCH3 is 1. The van der Waals surface area contributed by atoms with E-state index in [-0.39, 0.29) is 17.9 Å². The molecular weight excluding hydrogens is 296 g/mol. The Labute approximate surface area is 138 Å². The van der Waals surface area contributed by atoms with Gasteiger partial charge in [0, 0.05) is 31.7 Å². The Morgan fingerprint density at radius 3 is 2.61 bits per heavy atom. The normalized spacial score (nSPS) is 12.6. The van der Waals surface area contributed by atoms with Crippen LogP contribution in [0.15, 0.2) is 18.2 Å². The number of phenols is 1. The van der Waals surface area contributed by atoms with E-state index < -0.39 is 5.60 Å². The van der Waals surface area contributed by atoms with Crippen molar-refractivity contribution in [2.45, 2.75) is 39.3 Å². The fraction of sp³-hybridized carbons (Fsp3) is 0.588. The van der Waals surface area contributed by atoms with Crippen LogP contribution in [0.3, 0.4) is 0 Å². The second-order valence-electron chi connectivity index (χ2n) is 6.50. The van der Waals surface area contributed by atoms with Gasteiger partial charge in [0.15, 0.2) is 0 Å². The van der Waals surface area contributed by atoms with Gasteiger partial charge < -0.3 is 24.8 Å². The highest BCUT2D eigenvalue weighted by molar-refractivity contribution is 5.67. The fourth-order valence-corrected chi connectivity index (χ4v) is 2.00. The number of rotatable bonds is 6. The van der Waals surface area contributed by atoms with Gasteiger partial charge >= 0.3 is 6.09 Å². The van der Waals surface area contributed by atoms with Crippen LogP contribution in [0.2, 0.25) is 0 Å². The molecule has 23 heavy (non-hydrogen) atoms. The molecule has 1 aromatic rings. The summed E-state index contributed by atoms with van der Waals surface area (Å²) >= 11 is 0. The highest BCUT2D eigenvalue weighted by atomic mass is 16.6. The molecule has 0 heterocycles. The highest BCUT2D eigenvalue weighted by Gasteiger charge is 2.19. The van der Waals surface area contributed by atoms with E-state index in [0.29, 0.717) is 18.8 Å². The van der Waals surface area contributed by atoms with Crippen LogP contribution < -0.4 is 10.1 Å². The Morgan fingerprint density at radius 2 is 2.04 bits per heavy atom. The number of carbonyl (C=O) groups excluding carboxylic acids is 1. The van der Waals surface area contributed by atoms with Gasteiger partial charge in [-0.15, -0.1) is 0 Å². The Bertz CT molecular complexity index is 526. The first-order valence-corrected chi connectivity index (χ1v) is 7.68. The van der Waals surface area contributed by atoms with Crippen molar-refractivity contribution in [2.75, 3.05) is 27.2 Å². The third-order valence-corrected chi connectivity index (χ3v) is 3.30. The Hall–Kier alpha value is -1.95. The molecule has 0 aromatic heterocycles. The minimum atomic E-state index is -0.502. The molecule has 6 heteroatoms. The molecular formula is C17H28N2O4. The molecule has 0 saturated carbocycles. The van der Waals surface area contributed by atoms with Crippen molar-refractivity contribution >= 4 is 6.09 Å². The van der Waals surface area contributed by atoms with Crippen LogP contribution in [0.5, 0.6) is 11.5 Å². The number of hydrogen-bond acceptors (Lipinski definition) is 5. The number of phenolic OH excluding ortho intramolecular Hbond substituents is 1. The highest BCUT2D eigenvalue weighted by Crippen LogP contribution is 2.28. The largest absolute Gasteiger partial charge is 0.508 e. The van der Waals surface area contributed by atoms with Crippen molar-refractivity contribution in [1.29, 1.82) is 0 Å². The van der Waals surface area contributed by atoms with E-state index in [9.17, 15) is 9.90 Å². The van der Waals surface area contributed by atoms with Crippen molar-refractivity contribution in [3.63, 3.8) is 0 Å². The Kier molecular flexibility index (Phi) is 6.69. The smallest absolute Gasteiger partial charge is 0.410 e. The molecule has 0 aliphatic rings. The van der Waals surface area contributed by atoms with Crippen LogP contribution in [0.4, 0.5) is 4.79 Å². The third-order valence-electron chi connectivity index (χ3n) is 3.30. The number of nitrogens with zero attached hydrogens (tertiary/aromatic N) is 1. The molecule has 1 atom stereocenters. The van der Waals surface area contributed by atoms with Crippen LogP contribution in [-0.4, -0.2) is 48.9 Å². The summed E-state index contributed by atoms with van der Waals surface area (Å²) in [5.41, 5.74) is 0.252. The number of amides is 1. The second-order valence-corrected chi connectivity index (χ2v) is 6.50. The number of carbonyl (C=O) groups is 1. The number of nitrogens with one attached hydrogen (secondary N) is 1. The van der Waals surface area contributed by atoms with Gasteiger partial charge in [-0.2, -0.15) is 0 Å². The summed E-state index contributed by atoms with van der Waals surface area (Å²) in [7, 11) is 3.29. The van der Waals surface area contributed by atoms with Gasteiger partial charge in [-0.05, 0) is 45.9 Å². The molecule has 0 bridgehead atoms. The van der Waals surface area contributed by atoms with E-state index in [4.69, 9.17) is 9.47 Å². The lowest BCUT2D eigenvalue weighted by atomic mass is 10.1. The van der Waals surface area contributed by atoms with E-state index in [1.807, 2.05) is 27.7 Å². The van der Waals surface area contributed by atoms with Gasteiger partial charge in [0.2, 0.25) is 0 Å². The maximum Gasteiger partial charge on any atom is 0.410 e. The van der Waals surface area contributed by atoms with E-state index in [1.165, 1.54) is 4.90 Å². The molecule has 130 valence electrons. The summed E-state index contributed by atoms with van der Waals surface area (Å²) in [4.78, 5) is 13.4. The first kappa shape index (κ1) is 19.1. The number of hydrogen-bond donors (Lipinski definition) is 2. The predicted molar refractivity (Wildman–Crippen MR) is 89.9 cm³/mol. The van der Waals surface area contributed by atoms with Crippen molar-refractivity contribution in [3.05, 3.63) is 23.8 Å². The average Bonchev–Trinajstić information content (AvgIpc) is 2.45. The van der Waals surface area contributed by atoms with Crippen LogP contribution in [0.25, 0.3) is 0 Å². The molecule has 1 aromatic carbocycles. The van der Waals surface area contributed by atoms with E-state index in [0.717, 1.165) is 5.56 Å². The summed E-state index contributed by atoms with van der Waals surface area (Å²) in [6.45, 7) is 8.54. The molecule has 2 N–H and O–H groups in total. The summed E-state index contributed by atoms with van der Waals surface area (Å²) < 4.78 is 10.5. The van der Waals surface area contributed by atoms with Gasteiger partial charge in [-0.25, -0.2) is 4.79 Å². The number of aromatic hydroxyl groups is 1. The van der Waals surface area contributed by atoms with Gasteiger partial charge in [0.25, 0.3) is 0 Å². The van der Waals surface area contributed by atoms with Gasteiger partial charge in [0.1, 0.15) is 17.1 Å². The van der Waals surface area contributed by atoms with E-state index >= 15 is 0 Å². The Morgan fingerprint density at radius 1 is 1.39 bits per heavy atom. The molecule has 1 unspecified atom stereocenters. The standard InChI is InChI=1S/C17H28N2O4/c1-12(14-11-13(22-6)7-8-15(14)20)18-9-10-19(5)16(21)23-17(2,3)4/h7-8,11-12,18,20H,9-10H2,1-6H3. The zero-order chi connectivity index (χ0) is 17.6. The summed E-state index contributed by atoms with van der Waals surface area (Å²) in [6.07, 6.45) is -0.351. The quantitative estimate of drug-likeness (QED) is 0.842. The van der Waals surface area contributed by atoms with Crippen molar-refractivity contribution in [3.8, 4) is 11.5 Å². The minimum Gasteiger partial charge on any atom is -0.508 e. The van der Waals surface area contributed by atoms with E-state index in [1.54, 1.807) is 32.4 Å². The molecule has 0 aliphatic heterocycles. The van der Waals surface area contributed by atoms with Crippen LogP contribution in [-0.2, 0) is 4.74 Å². The van der Waals surface area contributed by atoms with Gasteiger partial charge in [-0.3, -0.25) is 0 Å². The number of likely N-dealkylation sites (N-methyl/N-ethyl adjacent to an activating group) is 1.